The van der Waals surface area contributed by atoms with Gasteiger partial charge in [0.1, 0.15) is 17.4 Å². The number of piperazine rings is 1. The number of nitriles is 1. The molecule has 2 fully saturated rings. The van der Waals surface area contributed by atoms with E-state index in [1.54, 1.807) is 35.2 Å². The van der Waals surface area contributed by atoms with Gasteiger partial charge in [-0.1, -0.05) is 12.1 Å². The first-order valence-corrected chi connectivity index (χ1v) is 14.6. The summed E-state index contributed by atoms with van der Waals surface area (Å²) in [6.07, 6.45) is 2.79. The van der Waals surface area contributed by atoms with Crippen LogP contribution in [0.5, 0.6) is 5.75 Å². The Morgan fingerprint density at radius 2 is 1.82 bits per heavy atom. The van der Waals surface area contributed by atoms with Crippen LogP contribution in [0.25, 0.3) is 11.1 Å². The molecule has 1 atom stereocenters. The van der Waals surface area contributed by atoms with E-state index < -0.39 is 48.9 Å². The summed E-state index contributed by atoms with van der Waals surface area (Å²) in [4.78, 5) is 46.6. The molecule has 44 heavy (non-hydrogen) atoms. The molecular weight excluding hydrogens is 574 g/mol. The fraction of sp³-hybridized carbons (Fsp3) is 0.516. The number of hydrogen-bond acceptors (Lipinski definition) is 8. The lowest BCUT2D eigenvalue weighted by Crippen LogP contribution is -2.50. The van der Waals surface area contributed by atoms with E-state index in [4.69, 9.17) is 14.7 Å². The Morgan fingerprint density at radius 1 is 1.11 bits per heavy atom. The number of benzene rings is 1. The SMILES string of the molecule is CC(C)(C)OC(=O)N1CCN(CCCOc2ccc(-c3cnccc3C(=O)NCC(=O)N3CC(F)(F)C[C@H]3C#N)cc2)CC1. The third kappa shape index (κ3) is 8.86. The molecule has 0 aliphatic carbocycles. The number of halogens is 2. The molecule has 4 rings (SSSR count). The van der Waals surface area contributed by atoms with Crippen molar-refractivity contribution in [3.05, 3.63) is 48.3 Å². The highest BCUT2D eigenvalue weighted by atomic mass is 19.3. The molecule has 0 unspecified atom stereocenters. The number of amides is 3. The van der Waals surface area contributed by atoms with Gasteiger partial charge < -0.3 is 24.6 Å². The lowest BCUT2D eigenvalue weighted by molar-refractivity contribution is -0.131. The van der Waals surface area contributed by atoms with Crippen LogP contribution < -0.4 is 10.1 Å². The number of alkyl halides is 2. The topological polar surface area (TPSA) is 128 Å². The molecule has 11 nitrogen and oxygen atoms in total. The van der Waals surface area contributed by atoms with E-state index in [-0.39, 0.29) is 11.7 Å². The molecule has 0 saturated carbocycles. The van der Waals surface area contributed by atoms with Crippen molar-refractivity contribution in [1.29, 1.82) is 5.26 Å². The molecule has 0 spiro atoms. The maximum atomic E-state index is 13.7. The van der Waals surface area contributed by atoms with Crippen LogP contribution in [0.3, 0.4) is 0 Å². The van der Waals surface area contributed by atoms with E-state index in [1.807, 2.05) is 20.8 Å². The first-order chi connectivity index (χ1) is 20.8. The standard InChI is InChI=1S/C31H38F2N6O5/c1-30(2,3)44-29(42)38-14-12-37(13-15-38)11-4-16-43-24-7-5-22(6-8-24)26-19-35-10-9-25(26)28(41)36-20-27(40)39-21-31(32,33)17-23(39)18-34/h5-10,19,23H,4,11-17,20-21H2,1-3H3,(H,36,41)/t23-/m0/s1. The Morgan fingerprint density at radius 3 is 2.48 bits per heavy atom. The predicted octanol–water partition coefficient (Wildman–Crippen LogP) is 3.56. The number of carbonyl (C=O) groups excluding carboxylic acids is 3. The zero-order chi connectivity index (χ0) is 31.9. The zero-order valence-electron chi connectivity index (χ0n) is 25.2. The van der Waals surface area contributed by atoms with Crippen LogP contribution in [-0.2, 0) is 9.53 Å². The number of aromatic nitrogens is 1. The van der Waals surface area contributed by atoms with Gasteiger partial charge in [-0.3, -0.25) is 19.5 Å². The number of ether oxygens (including phenoxy) is 2. The summed E-state index contributed by atoms with van der Waals surface area (Å²) in [6.45, 7) is 8.37. The first-order valence-electron chi connectivity index (χ1n) is 14.6. The lowest BCUT2D eigenvalue weighted by Gasteiger charge is -2.35. The zero-order valence-corrected chi connectivity index (χ0v) is 25.2. The second kappa shape index (κ2) is 14.0. The van der Waals surface area contributed by atoms with Gasteiger partial charge in [0.2, 0.25) is 5.91 Å². The van der Waals surface area contributed by atoms with E-state index in [9.17, 15) is 23.2 Å². The summed E-state index contributed by atoms with van der Waals surface area (Å²) in [7, 11) is 0. The largest absolute Gasteiger partial charge is 0.494 e. The fourth-order valence-electron chi connectivity index (χ4n) is 5.06. The first kappa shape index (κ1) is 32.6. The number of pyridine rings is 1. The molecule has 3 amide bonds. The molecule has 2 saturated heterocycles. The molecule has 3 heterocycles. The van der Waals surface area contributed by atoms with Crippen molar-refractivity contribution in [2.24, 2.45) is 0 Å². The van der Waals surface area contributed by atoms with Crippen LogP contribution in [0.15, 0.2) is 42.7 Å². The Hall–Kier alpha value is -4.31. The monoisotopic (exact) mass is 612 g/mol. The minimum Gasteiger partial charge on any atom is -0.494 e. The normalized spacial score (nSPS) is 18.4. The third-order valence-electron chi connectivity index (χ3n) is 7.28. The number of carbonyl (C=O) groups is 3. The van der Waals surface area contributed by atoms with Crippen molar-refractivity contribution in [3.8, 4) is 22.9 Å². The maximum Gasteiger partial charge on any atom is 0.410 e. The molecule has 2 aliphatic heterocycles. The number of hydrogen-bond donors (Lipinski definition) is 1. The Bertz CT molecular complexity index is 1370. The number of rotatable bonds is 9. The lowest BCUT2D eigenvalue weighted by atomic mass is 10.0. The average molecular weight is 613 g/mol. The van der Waals surface area contributed by atoms with Crippen LogP contribution in [0.4, 0.5) is 13.6 Å². The molecule has 2 aliphatic rings. The molecule has 0 bridgehead atoms. The van der Waals surface area contributed by atoms with Gasteiger partial charge in [-0.15, -0.1) is 0 Å². The van der Waals surface area contributed by atoms with Crippen molar-refractivity contribution >= 4 is 17.9 Å². The maximum absolute atomic E-state index is 13.7. The summed E-state index contributed by atoms with van der Waals surface area (Å²) < 4.78 is 38.7. The summed E-state index contributed by atoms with van der Waals surface area (Å²) in [5, 5.41) is 11.6. The number of nitrogens with zero attached hydrogens (tertiary/aromatic N) is 5. The van der Waals surface area contributed by atoms with Crippen molar-refractivity contribution in [1.82, 2.24) is 25.0 Å². The Labute approximate surface area is 255 Å². The van der Waals surface area contributed by atoms with E-state index >= 15 is 0 Å². The van der Waals surface area contributed by atoms with Gasteiger partial charge in [0.25, 0.3) is 11.8 Å². The molecule has 13 heteroatoms. The van der Waals surface area contributed by atoms with Crippen LogP contribution in [0.1, 0.15) is 44.0 Å². The van der Waals surface area contributed by atoms with Gasteiger partial charge >= 0.3 is 6.09 Å². The molecular formula is C31H38F2N6O5. The van der Waals surface area contributed by atoms with Gasteiger partial charge in [0.15, 0.2) is 0 Å². The summed E-state index contributed by atoms with van der Waals surface area (Å²) >= 11 is 0. The minimum atomic E-state index is -3.13. The fourth-order valence-corrected chi connectivity index (χ4v) is 5.06. The third-order valence-corrected chi connectivity index (χ3v) is 7.28. The molecule has 1 aromatic heterocycles. The van der Waals surface area contributed by atoms with Crippen molar-refractivity contribution in [2.45, 2.75) is 51.2 Å². The molecule has 1 aromatic carbocycles. The molecule has 0 radical (unpaired) electrons. The summed E-state index contributed by atoms with van der Waals surface area (Å²) in [5.74, 6) is -3.78. The van der Waals surface area contributed by atoms with Gasteiger partial charge in [0.05, 0.1) is 31.3 Å². The highest BCUT2D eigenvalue weighted by Gasteiger charge is 2.47. The van der Waals surface area contributed by atoms with Crippen molar-refractivity contribution < 1.29 is 32.6 Å². The van der Waals surface area contributed by atoms with Gasteiger partial charge in [-0.2, -0.15) is 5.26 Å². The second-order valence-corrected chi connectivity index (χ2v) is 11.9. The van der Waals surface area contributed by atoms with Crippen molar-refractivity contribution in [2.75, 3.05) is 52.4 Å². The smallest absolute Gasteiger partial charge is 0.410 e. The predicted molar refractivity (Wildman–Crippen MR) is 157 cm³/mol. The Balaban J connectivity index is 1.23. The second-order valence-electron chi connectivity index (χ2n) is 11.9. The average Bonchev–Trinajstić information content (AvgIpc) is 3.32. The molecule has 236 valence electrons. The Kier molecular flexibility index (Phi) is 10.4. The van der Waals surface area contributed by atoms with Crippen molar-refractivity contribution in [3.63, 3.8) is 0 Å². The summed E-state index contributed by atoms with van der Waals surface area (Å²) in [6, 6.07) is 9.19. The van der Waals surface area contributed by atoms with Crippen LogP contribution in [0, 0.1) is 11.3 Å². The van der Waals surface area contributed by atoms with Crippen LogP contribution in [0.2, 0.25) is 0 Å². The highest BCUT2D eigenvalue weighted by molar-refractivity contribution is 6.02. The van der Waals surface area contributed by atoms with Crippen LogP contribution in [-0.4, -0.2) is 108 Å². The van der Waals surface area contributed by atoms with Crippen LogP contribution >= 0.6 is 0 Å². The molecule has 1 N–H and O–H groups in total. The van der Waals surface area contributed by atoms with E-state index in [1.165, 1.54) is 18.5 Å². The van der Waals surface area contributed by atoms with E-state index in [0.717, 1.165) is 31.0 Å². The van der Waals surface area contributed by atoms with Gasteiger partial charge in [-0.05, 0) is 51.0 Å². The molecule has 2 aromatic rings. The van der Waals surface area contributed by atoms with Gasteiger partial charge in [0, 0.05) is 57.1 Å². The highest BCUT2D eigenvalue weighted by Crippen LogP contribution is 2.31. The minimum absolute atomic E-state index is 0.261. The van der Waals surface area contributed by atoms with Gasteiger partial charge in [-0.25, -0.2) is 13.6 Å². The summed E-state index contributed by atoms with van der Waals surface area (Å²) in [5.41, 5.74) is 0.979. The number of nitrogens with one attached hydrogen (secondary N) is 1. The number of likely N-dealkylation sites (tertiary alicyclic amines) is 1. The van der Waals surface area contributed by atoms with E-state index in [2.05, 4.69) is 15.2 Å². The van der Waals surface area contributed by atoms with E-state index in [0.29, 0.717) is 36.6 Å². The quantitative estimate of drug-likeness (QED) is 0.426.